The van der Waals surface area contributed by atoms with E-state index in [2.05, 4.69) is 43.5 Å². The summed E-state index contributed by atoms with van der Waals surface area (Å²) in [6.07, 6.45) is 6.30. The van der Waals surface area contributed by atoms with Crippen LogP contribution in [-0.4, -0.2) is 22.4 Å². The molecule has 1 amide bonds. The van der Waals surface area contributed by atoms with E-state index in [4.69, 9.17) is 0 Å². The largest absolute Gasteiger partial charge is 0.352 e. The van der Waals surface area contributed by atoms with E-state index >= 15 is 0 Å². The fourth-order valence-electron chi connectivity index (χ4n) is 1.87. The van der Waals surface area contributed by atoms with Crippen LogP contribution in [0.4, 0.5) is 11.6 Å². The SMILES string of the molecule is CCCCCNC(=O)c1cnc(Nc2ccccc2Br)nc1. The number of hydrogen-bond donors (Lipinski definition) is 2. The van der Waals surface area contributed by atoms with Gasteiger partial charge >= 0.3 is 0 Å². The van der Waals surface area contributed by atoms with Gasteiger partial charge in [0.25, 0.3) is 5.91 Å². The average molecular weight is 363 g/mol. The van der Waals surface area contributed by atoms with Crippen molar-refractivity contribution in [2.75, 3.05) is 11.9 Å². The van der Waals surface area contributed by atoms with Gasteiger partial charge in [-0.05, 0) is 34.5 Å². The summed E-state index contributed by atoms with van der Waals surface area (Å²) in [4.78, 5) is 20.3. The van der Waals surface area contributed by atoms with E-state index in [0.717, 1.165) is 29.4 Å². The van der Waals surface area contributed by atoms with Gasteiger partial charge in [-0.15, -0.1) is 0 Å². The average Bonchev–Trinajstić information content (AvgIpc) is 2.54. The number of nitrogens with zero attached hydrogens (tertiary/aromatic N) is 2. The third-order valence-electron chi connectivity index (χ3n) is 3.10. The zero-order chi connectivity index (χ0) is 15.8. The molecule has 0 bridgehead atoms. The Morgan fingerprint density at radius 1 is 1.18 bits per heavy atom. The maximum absolute atomic E-state index is 11.9. The second-order valence-corrected chi connectivity index (χ2v) is 5.72. The highest BCUT2D eigenvalue weighted by Gasteiger charge is 2.07. The smallest absolute Gasteiger partial charge is 0.254 e. The molecule has 1 aromatic heterocycles. The molecule has 2 aromatic rings. The molecule has 5 nitrogen and oxygen atoms in total. The van der Waals surface area contributed by atoms with E-state index in [1.54, 1.807) is 0 Å². The molecule has 0 aliphatic heterocycles. The molecular formula is C16H19BrN4O. The zero-order valence-electron chi connectivity index (χ0n) is 12.5. The number of anilines is 2. The molecule has 6 heteroatoms. The molecule has 0 fully saturated rings. The summed E-state index contributed by atoms with van der Waals surface area (Å²) >= 11 is 3.45. The number of unbranched alkanes of at least 4 members (excludes halogenated alkanes) is 2. The van der Waals surface area contributed by atoms with Crippen LogP contribution in [0.25, 0.3) is 0 Å². The van der Waals surface area contributed by atoms with E-state index in [9.17, 15) is 4.79 Å². The molecule has 0 unspecified atom stereocenters. The number of para-hydroxylation sites is 1. The minimum absolute atomic E-state index is 0.136. The van der Waals surface area contributed by atoms with Gasteiger partial charge in [-0.1, -0.05) is 31.9 Å². The van der Waals surface area contributed by atoms with Crippen LogP contribution in [0, 0.1) is 0 Å². The first-order valence-electron chi connectivity index (χ1n) is 7.32. The molecule has 0 spiro atoms. The second-order valence-electron chi connectivity index (χ2n) is 4.86. The Labute approximate surface area is 138 Å². The number of rotatable bonds is 7. The number of aromatic nitrogens is 2. The van der Waals surface area contributed by atoms with Crippen LogP contribution in [0.2, 0.25) is 0 Å². The van der Waals surface area contributed by atoms with Crippen LogP contribution in [0.5, 0.6) is 0 Å². The predicted octanol–water partition coefficient (Wildman–Crippen LogP) is 3.90. The molecule has 22 heavy (non-hydrogen) atoms. The molecule has 2 rings (SSSR count). The van der Waals surface area contributed by atoms with Crippen molar-refractivity contribution in [1.82, 2.24) is 15.3 Å². The van der Waals surface area contributed by atoms with Gasteiger partial charge in [-0.25, -0.2) is 9.97 Å². The predicted molar refractivity (Wildman–Crippen MR) is 91.3 cm³/mol. The Hall–Kier alpha value is -1.95. The van der Waals surface area contributed by atoms with Crippen LogP contribution in [0.1, 0.15) is 36.5 Å². The summed E-state index contributed by atoms with van der Waals surface area (Å²) in [6.45, 7) is 2.82. The van der Waals surface area contributed by atoms with E-state index in [-0.39, 0.29) is 5.91 Å². The summed E-state index contributed by atoms with van der Waals surface area (Å²) in [5.74, 6) is 0.318. The lowest BCUT2D eigenvalue weighted by atomic mass is 10.2. The summed E-state index contributed by atoms with van der Waals surface area (Å²) in [6, 6.07) is 7.70. The Morgan fingerprint density at radius 3 is 2.59 bits per heavy atom. The lowest BCUT2D eigenvalue weighted by molar-refractivity contribution is 0.0952. The molecule has 116 valence electrons. The number of nitrogens with one attached hydrogen (secondary N) is 2. The topological polar surface area (TPSA) is 66.9 Å². The summed E-state index contributed by atoms with van der Waals surface area (Å²) in [7, 11) is 0. The van der Waals surface area contributed by atoms with Gasteiger partial charge in [-0.3, -0.25) is 4.79 Å². The van der Waals surface area contributed by atoms with Crippen molar-refractivity contribution in [2.24, 2.45) is 0 Å². The molecule has 0 radical (unpaired) electrons. The summed E-state index contributed by atoms with van der Waals surface area (Å²) < 4.78 is 0.927. The number of hydrogen-bond acceptors (Lipinski definition) is 4. The summed E-state index contributed by atoms with van der Waals surface area (Å²) in [5.41, 5.74) is 1.34. The van der Waals surface area contributed by atoms with Crippen LogP contribution in [0.3, 0.4) is 0 Å². The number of halogens is 1. The fraction of sp³-hybridized carbons (Fsp3) is 0.312. The molecule has 0 aliphatic carbocycles. The standard InChI is InChI=1S/C16H19BrN4O/c1-2-3-6-9-18-15(22)12-10-19-16(20-11-12)21-14-8-5-4-7-13(14)17/h4-5,7-8,10-11H,2-3,6,9H2,1H3,(H,18,22)(H,19,20,21). The van der Waals surface area contributed by atoms with Gasteiger partial charge in [0.05, 0.1) is 11.3 Å². The molecule has 0 saturated carbocycles. The van der Waals surface area contributed by atoms with Crippen LogP contribution in [-0.2, 0) is 0 Å². The van der Waals surface area contributed by atoms with Crippen molar-refractivity contribution >= 4 is 33.5 Å². The van der Waals surface area contributed by atoms with Gasteiger partial charge in [0, 0.05) is 23.4 Å². The van der Waals surface area contributed by atoms with Crippen LogP contribution in [0.15, 0.2) is 41.1 Å². The minimum atomic E-state index is -0.136. The first kappa shape index (κ1) is 16.4. The molecule has 0 aliphatic rings. The third-order valence-corrected chi connectivity index (χ3v) is 3.79. The van der Waals surface area contributed by atoms with Crippen LogP contribution >= 0.6 is 15.9 Å². The number of amides is 1. The van der Waals surface area contributed by atoms with Gasteiger partial charge < -0.3 is 10.6 Å². The van der Waals surface area contributed by atoms with Gasteiger partial charge in [0.2, 0.25) is 5.95 Å². The molecule has 0 saturated heterocycles. The fourth-order valence-corrected chi connectivity index (χ4v) is 2.26. The Balaban J connectivity index is 1.92. The van der Waals surface area contributed by atoms with Crippen molar-refractivity contribution in [3.05, 3.63) is 46.7 Å². The Bertz CT molecular complexity index is 616. The van der Waals surface area contributed by atoms with Crippen molar-refractivity contribution in [3.8, 4) is 0 Å². The summed E-state index contributed by atoms with van der Waals surface area (Å²) in [5, 5.41) is 5.96. The van der Waals surface area contributed by atoms with Gasteiger partial charge in [0.1, 0.15) is 0 Å². The Kier molecular flexibility index (Phi) is 6.33. The maximum atomic E-state index is 11.9. The van der Waals surface area contributed by atoms with E-state index in [1.165, 1.54) is 12.4 Å². The first-order chi connectivity index (χ1) is 10.7. The van der Waals surface area contributed by atoms with Crippen molar-refractivity contribution in [2.45, 2.75) is 26.2 Å². The highest BCUT2D eigenvalue weighted by atomic mass is 79.9. The van der Waals surface area contributed by atoms with E-state index in [0.29, 0.717) is 18.1 Å². The van der Waals surface area contributed by atoms with Crippen molar-refractivity contribution in [3.63, 3.8) is 0 Å². The highest BCUT2D eigenvalue weighted by Crippen LogP contribution is 2.23. The number of carbonyl (C=O) groups excluding carboxylic acids is 1. The van der Waals surface area contributed by atoms with Gasteiger partial charge in [0.15, 0.2) is 0 Å². The van der Waals surface area contributed by atoms with Crippen molar-refractivity contribution in [1.29, 1.82) is 0 Å². The lowest BCUT2D eigenvalue weighted by Crippen LogP contribution is -2.24. The van der Waals surface area contributed by atoms with E-state index < -0.39 is 0 Å². The normalized spacial score (nSPS) is 10.3. The first-order valence-corrected chi connectivity index (χ1v) is 8.12. The Morgan fingerprint density at radius 2 is 1.91 bits per heavy atom. The van der Waals surface area contributed by atoms with Crippen molar-refractivity contribution < 1.29 is 4.79 Å². The quantitative estimate of drug-likeness (QED) is 0.732. The minimum Gasteiger partial charge on any atom is -0.352 e. The highest BCUT2D eigenvalue weighted by molar-refractivity contribution is 9.10. The zero-order valence-corrected chi connectivity index (χ0v) is 14.1. The maximum Gasteiger partial charge on any atom is 0.254 e. The molecule has 1 aromatic carbocycles. The molecule has 2 N–H and O–H groups in total. The van der Waals surface area contributed by atoms with E-state index in [1.807, 2.05) is 24.3 Å². The number of benzene rings is 1. The number of carbonyl (C=O) groups is 1. The molecule has 0 atom stereocenters. The monoisotopic (exact) mass is 362 g/mol. The molecule has 1 heterocycles. The second kappa shape index (κ2) is 8.48. The molecular weight excluding hydrogens is 344 g/mol. The van der Waals surface area contributed by atoms with Crippen LogP contribution < -0.4 is 10.6 Å². The third kappa shape index (κ3) is 4.80. The lowest BCUT2D eigenvalue weighted by Gasteiger charge is -2.07. The van der Waals surface area contributed by atoms with Gasteiger partial charge in [-0.2, -0.15) is 0 Å².